The molecule has 0 fully saturated rings. The Bertz CT molecular complexity index is 520. The van der Waals surface area contributed by atoms with E-state index < -0.39 is 0 Å². The number of tetrazole rings is 1. The summed E-state index contributed by atoms with van der Waals surface area (Å²) >= 11 is 0. The molecule has 0 aliphatic heterocycles. The maximum atomic E-state index is 4.27. The number of benzene rings is 1. The molecule has 19 heavy (non-hydrogen) atoms. The molecule has 5 nitrogen and oxygen atoms in total. The Morgan fingerprint density at radius 3 is 2.74 bits per heavy atom. The average molecular weight is 259 g/mol. The minimum absolute atomic E-state index is 0.241. The van der Waals surface area contributed by atoms with Crippen LogP contribution in [0.1, 0.15) is 36.3 Å². The molecular weight excluding hydrogens is 238 g/mol. The first-order valence-electron chi connectivity index (χ1n) is 6.72. The van der Waals surface area contributed by atoms with Crippen molar-refractivity contribution in [2.45, 2.75) is 32.7 Å². The van der Waals surface area contributed by atoms with Gasteiger partial charge in [-0.2, -0.15) is 4.80 Å². The topological polar surface area (TPSA) is 55.6 Å². The summed E-state index contributed by atoms with van der Waals surface area (Å²) in [5.74, 6) is 0.777. The second-order valence-electron chi connectivity index (χ2n) is 4.76. The molecule has 1 atom stereocenters. The summed E-state index contributed by atoms with van der Waals surface area (Å²) < 4.78 is 0. The Morgan fingerprint density at radius 2 is 2.11 bits per heavy atom. The lowest BCUT2D eigenvalue weighted by Gasteiger charge is -2.19. The Labute approximate surface area is 114 Å². The van der Waals surface area contributed by atoms with Gasteiger partial charge in [-0.1, -0.05) is 31.2 Å². The van der Waals surface area contributed by atoms with E-state index >= 15 is 0 Å². The van der Waals surface area contributed by atoms with Crippen LogP contribution in [0.2, 0.25) is 0 Å². The highest BCUT2D eigenvalue weighted by atomic mass is 15.6. The number of hydrogen-bond donors (Lipinski definition) is 1. The predicted octanol–water partition coefficient (Wildman–Crippen LogP) is 1.80. The maximum Gasteiger partial charge on any atom is 0.176 e. The van der Waals surface area contributed by atoms with Gasteiger partial charge in [-0.3, -0.25) is 0 Å². The average Bonchev–Trinajstić information content (AvgIpc) is 2.81. The Morgan fingerprint density at radius 1 is 1.32 bits per heavy atom. The van der Waals surface area contributed by atoms with Crippen LogP contribution >= 0.6 is 0 Å². The molecule has 1 aromatic carbocycles. The van der Waals surface area contributed by atoms with E-state index in [4.69, 9.17) is 0 Å². The van der Waals surface area contributed by atoms with Crippen molar-refractivity contribution in [1.82, 2.24) is 25.5 Å². The fraction of sp³-hybridized carbons (Fsp3) is 0.500. The van der Waals surface area contributed by atoms with Gasteiger partial charge >= 0.3 is 0 Å². The molecule has 0 radical (unpaired) electrons. The SMILES string of the molecule is CCCNC(Cc1nnn(C)n1)c1ccccc1C. The minimum Gasteiger partial charge on any atom is -0.310 e. The Kier molecular flexibility index (Phi) is 4.63. The van der Waals surface area contributed by atoms with Gasteiger partial charge in [-0.15, -0.1) is 10.2 Å². The van der Waals surface area contributed by atoms with E-state index in [0.29, 0.717) is 0 Å². The molecule has 0 aliphatic carbocycles. The highest BCUT2D eigenvalue weighted by Gasteiger charge is 2.16. The summed E-state index contributed by atoms with van der Waals surface area (Å²) in [5.41, 5.74) is 2.60. The van der Waals surface area contributed by atoms with E-state index in [2.05, 4.69) is 58.8 Å². The molecule has 2 rings (SSSR count). The van der Waals surface area contributed by atoms with Crippen LogP contribution in [0.15, 0.2) is 24.3 Å². The van der Waals surface area contributed by atoms with E-state index in [1.807, 2.05) is 0 Å². The smallest absolute Gasteiger partial charge is 0.176 e. The van der Waals surface area contributed by atoms with Gasteiger partial charge in [-0.25, -0.2) is 0 Å². The molecule has 1 aromatic heterocycles. The van der Waals surface area contributed by atoms with Crippen LogP contribution in [-0.4, -0.2) is 26.8 Å². The first kappa shape index (κ1) is 13.7. The van der Waals surface area contributed by atoms with E-state index in [0.717, 1.165) is 25.2 Å². The van der Waals surface area contributed by atoms with E-state index in [9.17, 15) is 0 Å². The highest BCUT2D eigenvalue weighted by Crippen LogP contribution is 2.20. The van der Waals surface area contributed by atoms with Crippen LogP contribution in [0.3, 0.4) is 0 Å². The van der Waals surface area contributed by atoms with Crippen molar-refractivity contribution in [2.75, 3.05) is 6.54 Å². The van der Waals surface area contributed by atoms with Crippen molar-refractivity contribution >= 4 is 0 Å². The van der Waals surface area contributed by atoms with Crippen molar-refractivity contribution in [2.24, 2.45) is 7.05 Å². The van der Waals surface area contributed by atoms with Gasteiger partial charge in [0.05, 0.1) is 7.05 Å². The molecule has 0 saturated heterocycles. The monoisotopic (exact) mass is 259 g/mol. The van der Waals surface area contributed by atoms with Gasteiger partial charge in [-0.05, 0) is 36.2 Å². The molecule has 0 bridgehead atoms. The third-order valence-electron chi connectivity index (χ3n) is 3.14. The number of hydrogen-bond acceptors (Lipinski definition) is 4. The van der Waals surface area contributed by atoms with Crippen molar-refractivity contribution in [3.05, 3.63) is 41.2 Å². The summed E-state index contributed by atoms with van der Waals surface area (Å²) in [7, 11) is 1.79. The Balaban J connectivity index is 2.18. The molecule has 0 spiro atoms. The van der Waals surface area contributed by atoms with E-state index in [1.54, 1.807) is 7.05 Å². The molecule has 2 aromatic rings. The van der Waals surface area contributed by atoms with Crippen molar-refractivity contribution < 1.29 is 0 Å². The van der Waals surface area contributed by atoms with Crippen molar-refractivity contribution in [3.63, 3.8) is 0 Å². The normalized spacial score (nSPS) is 12.6. The lowest BCUT2D eigenvalue weighted by molar-refractivity contribution is 0.515. The third kappa shape index (κ3) is 3.61. The van der Waals surface area contributed by atoms with Crippen molar-refractivity contribution in [1.29, 1.82) is 0 Å². The predicted molar refractivity (Wildman–Crippen MR) is 74.7 cm³/mol. The summed E-state index contributed by atoms with van der Waals surface area (Å²) in [6, 6.07) is 8.69. The standard InChI is InChI=1S/C14H21N5/c1-4-9-15-13(10-14-16-18-19(3)17-14)12-8-6-5-7-11(12)2/h5-8,13,15H,4,9-10H2,1-3H3. The summed E-state index contributed by atoms with van der Waals surface area (Å²) in [5, 5.41) is 15.8. The lowest BCUT2D eigenvalue weighted by atomic mass is 9.98. The quantitative estimate of drug-likeness (QED) is 0.859. The minimum atomic E-state index is 0.241. The molecule has 1 unspecified atom stereocenters. The zero-order valence-electron chi connectivity index (χ0n) is 11.8. The molecule has 1 N–H and O–H groups in total. The second kappa shape index (κ2) is 6.43. The summed E-state index contributed by atoms with van der Waals surface area (Å²) in [4.78, 5) is 1.50. The maximum absolute atomic E-state index is 4.27. The first-order valence-corrected chi connectivity index (χ1v) is 6.72. The fourth-order valence-corrected chi connectivity index (χ4v) is 2.18. The lowest BCUT2D eigenvalue weighted by Crippen LogP contribution is -2.25. The molecular formula is C14H21N5. The van der Waals surface area contributed by atoms with Gasteiger partial charge in [0, 0.05) is 12.5 Å². The van der Waals surface area contributed by atoms with Crippen molar-refractivity contribution in [3.8, 4) is 0 Å². The first-order chi connectivity index (χ1) is 9.20. The molecule has 102 valence electrons. The third-order valence-corrected chi connectivity index (χ3v) is 3.14. The van der Waals surface area contributed by atoms with Gasteiger partial charge in [0.25, 0.3) is 0 Å². The van der Waals surface area contributed by atoms with Crippen LogP contribution in [0, 0.1) is 6.92 Å². The van der Waals surface area contributed by atoms with Crippen LogP contribution in [-0.2, 0) is 13.5 Å². The number of rotatable bonds is 6. The zero-order chi connectivity index (χ0) is 13.7. The molecule has 1 heterocycles. The van der Waals surface area contributed by atoms with Crippen LogP contribution in [0.25, 0.3) is 0 Å². The summed E-state index contributed by atoms with van der Waals surface area (Å²) in [6.45, 7) is 5.29. The largest absolute Gasteiger partial charge is 0.310 e. The van der Waals surface area contributed by atoms with Gasteiger partial charge in [0.15, 0.2) is 5.82 Å². The van der Waals surface area contributed by atoms with Gasteiger partial charge < -0.3 is 5.32 Å². The number of aromatic nitrogens is 4. The molecule has 0 amide bonds. The number of nitrogens with zero attached hydrogens (tertiary/aromatic N) is 4. The van der Waals surface area contributed by atoms with Crippen LogP contribution < -0.4 is 5.32 Å². The highest BCUT2D eigenvalue weighted by molar-refractivity contribution is 5.29. The summed E-state index contributed by atoms with van der Waals surface area (Å²) in [6.07, 6.45) is 1.87. The zero-order valence-corrected chi connectivity index (χ0v) is 11.8. The van der Waals surface area contributed by atoms with Gasteiger partial charge in [0.2, 0.25) is 0 Å². The fourth-order valence-electron chi connectivity index (χ4n) is 2.18. The molecule has 5 heteroatoms. The second-order valence-corrected chi connectivity index (χ2v) is 4.76. The molecule has 0 aliphatic rings. The van der Waals surface area contributed by atoms with Crippen LogP contribution in [0.5, 0.6) is 0 Å². The van der Waals surface area contributed by atoms with Crippen LogP contribution in [0.4, 0.5) is 0 Å². The number of nitrogens with one attached hydrogen (secondary N) is 1. The Hall–Kier alpha value is -1.75. The van der Waals surface area contributed by atoms with E-state index in [1.165, 1.54) is 15.9 Å². The van der Waals surface area contributed by atoms with E-state index in [-0.39, 0.29) is 6.04 Å². The number of aryl methyl sites for hydroxylation is 2. The molecule has 0 saturated carbocycles. The van der Waals surface area contributed by atoms with Gasteiger partial charge in [0.1, 0.15) is 0 Å².